The molecule has 0 aliphatic heterocycles. The zero-order chi connectivity index (χ0) is 24.5. The highest BCUT2D eigenvalue weighted by Crippen LogP contribution is 1.97. The summed E-state index contributed by atoms with van der Waals surface area (Å²) in [6.07, 6.45) is 6.04. The smallest absolute Gasteiger partial charge is 0.330 e. The second kappa shape index (κ2) is 24.6. The lowest BCUT2D eigenvalue weighted by Gasteiger charge is -1.97. The molecule has 0 unspecified atom stereocenters. The van der Waals surface area contributed by atoms with Crippen LogP contribution in [0.4, 0.5) is 0 Å². The van der Waals surface area contributed by atoms with Crippen molar-refractivity contribution < 1.29 is 34.1 Å². The monoisotopic (exact) mass is 434 g/mol. The lowest BCUT2D eigenvalue weighted by molar-refractivity contribution is -0.139. The number of esters is 2. The zero-order valence-electron chi connectivity index (χ0n) is 18.4. The lowest BCUT2D eigenvalue weighted by Crippen LogP contribution is -2.04. The van der Waals surface area contributed by atoms with E-state index in [0.717, 1.165) is 18.9 Å². The average Bonchev–Trinajstić information content (AvgIpc) is 2.79. The second-order valence-corrected chi connectivity index (χ2v) is 5.52. The number of carboxylic acids is 1. The molecule has 0 aliphatic carbocycles. The molecule has 0 amide bonds. The minimum absolute atomic E-state index is 0.0465. The van der Waals surface area contributed by atoms with Crippen molar-refractivity contribution >= 4 is 24.0 Å². The van der Waals surface area contributed by atoms with E-state index < -0.39 is 11.9 Å². The van der Waals surface area contributed by atoms with E-state index in [9.17, 15) is 14.4 Å². The summed E-state index contributed by atoms with van der Waals surface area (Å²) >= 11 is 0. The van der Waals surface area contributed by atoms with Crippen molar-refractivity contribution in [2.75, 3.05) is 19.8 Å². The van der Waals surface area contributed by atoms with Crippen LogP contribution < -0.4 is 0 Å². The number of carbonyl (C=O) groups excluding carboxylic acids is 2. The van der Waals surface area contributed by atoms with Crippen LogP contribution in [0.3, 0.4) is 0 Å². The highest BCUT2D eigenvalue weighted by molar-refractivity contribution is 5.84. The van der Waals surface area contributed by atoms with E-state index in [1.807, 2.05) is 43.3 Å². The topological polar surface area (TPSA) is 110 Å². The highest BCUT2D eigenvalue weighted by Gasteiger charge is 1.92. The van der Waals surface area contributed by atoms with Crippen LogP contribution >= 0.6 is 0 Å². The molecule has 0 saturated carbocycles. The molecule has 7 heteroatoms. The van der Waals surface area contributed by atoms with Gasteiger partial charge in [-0.05, 0) is 18.9 Å². The first kappa shape index (κ1) is 32.2. The lowest BCUT2D eigenvalue weighted by atomic mass is 10.2. The first-order chi connectivity index (χ1) is 14.7. The number of carboxylic acid groups (broad SMARTS) is 1. The van der Waals surface area contributed by atoms with Gasteiger partial charge in [-0.25, -0.2) is 14.4 Å². The van der Waals surface area contributed by atoms with Gasteiger partial charge in [0.1, 0.15) is 6.61 Å². The zero-order valence-corrected chi connectivity index (χ0v) is 18.4. The molecule has 0 atom stereocenters. The maximum atomic E-state index is 10.3. The largest absolute Gasteiger partial charge is 0.478 e. The van der Waals surface area contributed by atoms with E-state index >= 15 is 0 Å². The summed E-state index contributed by atoms with van der Waals surface area (Å²) in [6.45, 7) is 17.1. The Balaban J connectivity index is -0.000000340. The number of aliphatic hydroxyl groups excluding tert-OH is 1. The first-order valence-corrected chi connectivity index (χ1v) is 9.45. The Labute approximate surface area is 185 Å². The minimum atomic E-state index is -0.935. The number of aliphatic hydroxyl groups is 1. The van der Waals surface area contributed by atoms with Gasteiger partial charge in [-0.1, -0.05) is 76.1 Å². The van der Waals surface area contributed by atoms with Crippen LogP contribution in [-0.4, -0.2) is 47.9 Å². The second-order valence-electron chi connectivity index (χ2n) is 5.52. The SMILES string of the molecule is C=C(C)C(=O)O.C=CC(=O)OCCCC.C=CC(=O)OCCO.C=Cc1ccccc1. The van der Waals surface area contributed by atoms with Crippen LogP contribution in [-0.2, 0) is 23.9 Å². The summed E-state index contributed by atoms with van der Waals surface area (Å²) in [5.74, 6) is -1.77. The van der Waals surface area contributed by atoms with Gasteiger partial charge in [0, 0.05) is 17.7 Å². The van der Waals surface area contributed by atoms with Crippen LogP contribution in [0.5, 0.6) is 0 Å². The summed E-state index contributed by atoms with van der Waals surface area (Å²) in [5.41, 5.74) is 1.35. The molecule has 0 heterocycles. The third-order valence-electron chi connectivity index (χ3n) is 2.81. The molecular formula is C24H34O7. The van der Waals surface area contributed by atoms with Gasteiger partial charge in [0.2, 0.25) is 0 Å². The van der Waals surface area contributed by atoms with Crippen LogP contribution in [0.2, 0.25) is 0 Å². The Hall–Kier alpha value is -3.45. The van der Waals surface area contributed by atoms with Gasteiger partial charge in [-0.15, -0.1) is 0 Å². The van der Waals surface area contributed by atoms with Crippen LogP contribution in [0.1, 0.15) is 32.3 Å². The van der Waals surface area contributed by atoms with Crippen molar-refractivity contribution in [2.45, 2.75) is 26.7 Å². The Morgan fingerprint density at radius 3 is 1.71 bits per heavy atom. The van der Waals surface area contributed by atoms with Crippen LogP contribution in [0, 0.1) is 0 Å². The molecule has 0 aliphatic rings. The molecular weight excluding hydrogens is 400 g/mol. The summed E-state index contributed by atoms with van der Waals surface area (Å²) in [4.78, 5) is 30.1. The fourth-order valence-corrected chi connectivity index (χ4v) is 1.17. The number of rotatable bonds is 9. The average molecular weight is 435 g/mol. The molecule has 0 spiro atoms. The molecule has 1 aromatic rings. The van der Waals surface area contributed by atoms with E-state index in [0.29, 0.717) is 6.61 Å². The van der Waals surface area contributed by atoms with Crippen molar-refractivity contribution in [3.05, 3.63) is 79.9 Å². The molecule has 0 fully saturated rings. The van der Waals surface area contributed by atoms with E-state index in [2.05, 4.69) is 35.8 Å². The van der Waals surface area contributed by atoms with Gasteiger partial charge in [0.05, 0.1) is 13.2 Å². The number of aliphatic carboxylic acids is 1. The molecule has 7 nitrogen and oxygen atoms in total. The third kappa shape index (κ3) is 28.9. The summed E-state index contributed by atoms with van der Waals surface area (Å²) in [6, 6.07) is 10.0. The van der Waals surface area contributed by atoms with Gasteiger partial charge >= 0.3 is 17.9 Å². The first-order valence-electron chi connectivity index (χ1n) is 9.45. The Kier molecular flexibility index (Phi) is 25.6. The summed E-state index contributed by atoms with van der Waals surface area (Å²) in [5, 5.41) is 16.0. The quantitative estimate of drug-likeness (QED) is 0.340. The molecule has 1 rings (SSSR count). The summed E-state index contributed by atoms with van der Waals surface area (Å²) in [7, 11) is 0. The van der Waals surface area contributed by atoms with Crippen molar-refractivity contribution in [1.29, 1.82) is 0 Å². The molecule has 1 aromatic carbocycles. The number of benzene rings is 1. The highest BCUT2D eigenvalue weighted by atomic mass is 16.5. The number of unbranched alkanes of at least 4 members (excludes halogenated alkanes) is 1. The van der Waals surface area contributed by atoms with E-state index in [-0.39, 0.29) is 24.8 Å². The molecule has 2 N–H and O–H groups in total. The van der Waals surface area contributed by atoms with Crippen molar-refractivity contribution in [2.24, 2.45) is 0 Å². The van der Waals surface area contributed by atoms with E-state index in [4.69, 9.17) is 10.2 Å². The number of carbonyl (C=O) groups is 3. The van der Waals surface area contributed by atoms with Gasteiger partial charge < -0.3 is 19.7 Å². The Morgan fingerprint density at radius 2 is 1.42 bits per heavy atom. The van der Waals surface area contributed by atoms with Gasteiger partial charge in [-0.2, -0.15) is 0 Å². The standard InChI is InChI=1S/C8H8.C7H12O2.C5H8O3.C4H6O2/c1-2-8-6-4-3-5-7-8;1-3-5-6-9-7(8)4-2;1-2-5(7)8-4-3-6;1-3(2)4(5)6/h2-7H,1H2;4H,2-3,5-6H2,1H3;2,6H,1,3-4H2;1H2,2H3,(H,5,6). The predicted octanol–water partition coefficient (Wildman–Crippen LogP) is 4.20. The molecule has 0 aromatic heterocycles. The normalized spacial score (nSPS) is 8.23. The number of hydrogen-bond acceptors (Lipinski definition) is 6. The van der Waals surface area contributed by atoms with Gasteiger partial charge in [-0.3, -0.25) is 0 Å². The Bertz CT molecular complexity index is 652. The van der Waals surface area contributed by atoms with Crippen molar-refractivity contribution in [3.63, 3.8) is 0 Å². The molecule has 172 valence electrons. The fraction of sp³-hybridized carbons (Fsp3) is 0.292. The van der Waals surface area contributed by atoms with Crippen molar-refractivity contribution in [3.8, 4) is 0 Å². The van der Waals surface area contributed by atoms with Crippen LogP contribution in [0.15, 0.2) is 74.4 Å². The minimum Gasteiger partial charge on any atom is -0.478 e. The molecule has 0 bridgehead atoms. The fourth-order valence-electron chi connectivity index (χ4n) is 1.17. The maximum absolute atomic E-state index is 10.3. The predicted molar refractivity (Wildman–Crippen MR) is 123 cm³/mol. The van der Waals surface area contributed by atoms with Gasteiger partial charge in [0.25, 0.3) is 0 Å². The molecule has 0 saturated heterocycles. The number of ether oxygens (including phenoxy) is 2. The molecule has 31 heavy (non-hydrogen) atoms. The maximum Gasteiger partial charge on any atom is 0.330 e. The summed E-state index contributed by atoms with van der Waals surface area (Å²) < 4.78 is 9.01. The van der Waals surface area contributed by atoms with E-state index in [1.54, 1.807) is 0 Å². The number of hydrogen-bond donors (Lipinski definition) is 2. The van der Waals surface area contributed by atoms with Gasteiger partial charge in [0.15, 0.2) is 0 Å². The van der Waals surface area contributed by atoms with Crippen LogP contribution in [0.25, 0.3) is 6.08 Å². The van der Waals surface area contributed by atoms with Crippen molar-refractivity contribution in [1.82, 2.24) is 0 Å². The third-order valence-corrected chi connectivity index (χ3v) is 2.81. The Morgan fingerprint density at radius 1 is 0.968 bits per heavy atom. The molecule has 0 radical (unpaired) electrons. The van der Waals surface area contributed by atoms with E-state index in [1.165, 1.54) is 18.6 Å².